The van der Waals surface area contributed by atoms with Gasteiger partial charge in [0.2, 0.25) is 0 Å². The summed E-state index contributed by atoms with van der Waals surface area (Å²) in [5.41, 5.74) is 7.86. The Balaban J connectivity index is 2.27. The summed E-state index contributed by atoms with van der Waals surface area (Å²) in [5.74, 6) is 0.461. The van der Waals surface area contributed by atoms with E-state index < -0.39 is 0 Å². The molecule has 0 amide bonds. The van der Waals surface area contributed by atoms with Crippen LogP contribution in [0.5, 0.6) is 0 Å². The number of rotatable bonds is 2. The molecule has 2 nitrogen and oxygen atoms in total. The van der Waals surface area contributed by atoms with Crippen LogP contribution in [0.2, 0.25) is 0 Å². The van der Waals surface area contributed by atoms with Crippen LogP contribution < -0.4 is 10.6 Å². The molecule has 1 saturated heterocycles. The number of halogens is 1. The standard InChI is InChI=1S/C16H25FN2/c1-11(18)15-13(17)6-5-7-14(15)19-9-8-12(10-19)16(2,3)4/h5-7,11-12H,8-10,18H2,1-4H3. The fourth-order valence-electron chi connectivity index (χ4n) is 2.94. The number of hydrogen-bond donors (Lipinski definition) is 1. The minimum atomic E-state index is -0.273. The van der Waals surface area contributed by atoms with Crippen LogP contribution in [-0.4, -0.2) is 13.1 Å². The molecular formula is C16H25FN2. The van der Waals surface area contributed by atoms with Gasteiger partial charge in [0.05, 0.1) is 0 Å². The molecule has 0 bridgehead atoms. The maximum Gasteiger partial charge on any atom is 0.130 e. The SMILES string of the molecule is CC(N)c1c(F)cccc1N1CCC(C(C)(C)C)C1. The lowest BCUT2D eigenvalue weighted by Gasteiger charge is -2.28. The van der Waals surface area contributed by atoms with Crippen LogP contribution in [0.4, 0.5) is 10.1 Å². The van der Waals surface area contributed by atoms with Crippen molar-refractivity contribution in [3.63, 3.8) is 0 Å². The number of hydrogen-bond acceptors (Lipinski definition) is 2. The lowest BCUT2D eigenvalue weighted by Crippen LogP contribution is -2.27. The molecule has 1 aromatic rings. The van der Waals surface area contributed by atoms with Crippen LogP contribution in [-0.2, 0) is 0 Å². The number of nitrogens with two attached hydrogens (primary N) is 1. The molecule has 2 N–H and O–H groups in total. The Labute approximate surface area is 115 Å². The molecule has 3 heteroatoms. The van der Waals surface area contributed by atoms with Gasteiger partial charge < -0.3 is 10.6 Å². The summed E-state index contributed by atoms with van der Waals surface area (Å²) in [4.78, 5) is 2.29. The molecule has 2 unspecified atom stereocenters. The third-order valence-corrected chi connectivity index (χ3v) is 4.24. The van der Waals surface area contributed by atoms with Gasteiger partial charge in [-0.25, -0.2) is 4.39 Å². The Morgan fingerprint density at radius 3 is 2.58 bits per heavy atom. The molecule has 0 radical (unpaired) electrons. The van der Waals surface area contributed by atoms with E-state index in [0.717, 1.165) is 18.8 Å². The number of nitrogens with zero attached hydrogens (tertiary/aromatic N) is 1. The molecule has 1 heterocycles. The zero-order chi connectivity index (χ0) is 14.2. The highest BCUT2D eigenvalue weighted by Gasteiger charge is 2.33. The van der Waals surface area contributed by atoms with Crippen molar-refractivity contribution in [3.8, 4) is 0 Å². The van der Waals surface area contributed by atoms with Gasteiger partial charge in [-0.2, -0.15) is 0 Å². The molecule has 106 valence electrons. The van der Waals surface area contributed by atoms with Crippen molar-refractivity contribution in [2.75, 3.05) is 18.0 Å². The molecular weight excluding hydrogens is 239 g/mol. The molecule has 0 saturated carbocycles. The lowest BCUT2D eigenvalue weighted by atomic mass is 9.80. The normalized spacial score (nSPS) is 21.8. The lowest BCUT2D eigenvalue weighted by molar-refractivity contribution is 0.263. The highest BCUT2D eigenvalue weighted by Crippen LogP contribution is 2.38. The van der Waals surface area contributed by atoms with Crippen molar-refractivity contribution in [1.29, 1.82) is 0 Å². The van der Waals surface area contributed by atoms with Crippen LogP contribution in [0.25, 0.3) is 0 Å². The van der Waals surface area contributed by atoms with E-state index in [4.69, 9.17) is 5.73 Å². The summed E-state index contributed by atoms with van der Waals surface area (Å²) in [5, 5.41) is 0. The highest BCUT2D eigenvalue weighted by molar-refractivity contribution is 5.56. The van der Waals surface area contributed by atoms with Gasteiger partial charge in [-0.3, -0.25) is 0 Å². The fourth-order valence-corrected chi connectivity index (χ4v) is 2.94. The molecule has 1 aromatic carbocycles. The second kappa shape index (κ2) is 5.12. The number of benzene rings is 1. The summed E-state index contributed by atoms with van der Waals surface area (Å²) in [6, 6.07) is 5.00. The first-order valence-corrected chi connectivity index (χ1v) is 7.09. The topological polar surface area (TPSA) is 29.3 Å². The van der Waals surface area contributed by atoms with Gasteiger partial charge in [0.1, 0.15) is 5.82 Å². The van der Waals surface area contributed by atoms with Crippen molar-refractivity contribution in [2.45, 2.75) is 40.2 Å². The second-order valence-electron chi connectivity index (χ2n) is 6.76. The van der Waals surface area contributed by atoms with Crippen LogP contribution >= 0.6 is 0 Å². The van der Waals surface area contributed by atoms with E-state index in [0.29, 0.717) is 16.9 Å². The van der Waals surface area contributed by atoms with Gasteiger partial charge in [-0.05, 0) is 36.8 Å². The Morgan fingerprint density at radius 1 is 1.37 bits per heavy atom. The third-order valence-electron chi connectivity index (χ3n) is 4.24. The molecule has 0 aromatic heterocycles. The predicted octanol–water partition coefficient (Wildman–Crippen LogP) is 3.72. The van der Waals surface area contributed by atoms with E-state index in [1.54, 1.807) is 6.07 Å². The van der Waals surface area contributed by atoms with Gasteiger partial charge in [0, 0.05) is 30.4 Å². The van der Waals surface area contributed by atoms with Crippen molar-refractivity contribution >= 4 is 5.69 Å². The van der Waals surface area contributed by atoms with E-state index in [-0.39, 0.29) is 11.9 Å². The molecule has 1 aliphatic rings. The maximum absolute atomic E-state index is 14.0. The maximum atomic E-state index is 14.0. The number of anilines is 1. The fraction of sp³-hybridized carbons (Fsp3) is 0.625. The Bertz CT molecular complexity index is 449. The second-order valence-corrected chi connectivity index (χ2v) is 6.76. The zero-order valence-corrected chi connectivity index (χ0v) is 12.4. The minimum absolute atomic E-state index is 0.188. The zero-order valence-electron chi connectivity index (χ0n) is 12.4. The van der Waals surface area contributed by atoms with Crippen LogP contribution in [0.15, 0.2) is 18.2 Å². The highest BCUT2D eigenvalue weighted by atomic mass is 19.1. The third kappa shape index (κ3) is 2.92. The van der Waals surface area contributed by atoms with Crippen LogP contribution in [0.1, 0.15) is 45.7 Å². The van der Waals surface area contributed by atoms with Gasteiger partial charge in [-0.15, -0.1) is 0 Å². The average Bonchev–Trinajstić information content (AvgIpc) is 2.76. The summed E-state index contributed by atoms with van der Waals surface area (Å²) in [6.45, 7) is 10.7. The van der Waals surface area contributed by atoms with Crippen molar-refractivity contribution in [1.82, 2.24) is 0 Å². The van der Waals surface area contributed by atoms with Gasteiger partial charge in [0.25, 0.3) is 0 Å². The van der Waals surface area contributed by atoms with E-state index >= 15 is 0 Å². The molecule has 0 aliphatic carbocycles. The van der Waals surface area contributed by atoms with E-state index in [1.807, 2.05) is 13.0 Å². The summed E-state index contributed by atoms with van der Waals surface area (Å²) in [6.07, 6.45) is 1.17. The first kappa shape index (κ1) is 14.3. The van der Waals surface area contributed by atoms with E-state index in [9.17, 15) is 4.39 Å². The molecule has 0 spiro atoms. The minimum Gasteiger partial charge on any atom is -0.371 e. The summed E-state index contributed by atoms with van der Waals surface area (Å²) >= 11 is 0. The molecule has 2 atom stereocenters. The molecule has 1 fully saturated rings. The Hall–Kier alpha value is -1.09. The van der Waals surface area contributed by atoms with E-state index in [2.05, 4.69) is 25.7 Å². The summed E-state index contributed by atoms with van der Waals surface area (Å²) < 4.78 is 14.0. The average molecular weight is 264 g/mol. The summed E-state index contributed by atoms with van der Waals surface area (Å²) in [7, 11) is 0. The monoisotopic (exact) mass is 264 g/mol. The van der Waals surface area contributed by atoms with Gasteiger partial charge in [0.15, 0.2) is 0 Å². The van der Waals surface area contributed by atoms with Crippen LogP contribution in [0.3, 0.4) is 0 Å². The molecule has 19 heavy (non-hydrogen) atoms. The quantitative estimate of drug-likeness (QED) is 0.882. The first-order chi connectivity index (χ1) is 8.80. The Morgan fingerprint density at radius 2 is 2.05 bits per heavy atom. The first-order valence-electron chi connectivity index (χ1n) is 7.09. The molecule has 2 rings (SSSR count). The van der Waals surface area contributed by atoms with Crippen molar-refractivity contribution in [2.24, 2.45) is 17.1 Å². The van der Waals surface area contributed by atoms with Gasteiger partial charge in [-0.1, -0.05) is 26.8 Å². The largest absolute Gasteiger partial charge is 0.371 e. The smallest absolute Gasteiger partial charge is 0.130 e. The van der Waals surface area contributed by atoms with Crippen molar-refractivity contribution in [3.05, 3.63) is 29.6 Å². The van der Waals surface area contributed by atoms with Crippen LogP contribution in [0, 0.1) is 17.2 Å². The molecule has 1 aliphatic heterocycles. The van der Waals surface area contributed by atoms with Crippen molar-refractivity contribution < 1.29 is 4.39 Å². The predicted molar refractivity (Wildman–Crippen MR) is 78.8 cm³/mol. The van der Waals surface area contributed by atoms with Gasteiger partial charge >= 0.3 is 0 Å². The van der Waals surface area contributed by atoms with E-state index in [1.165, 1.54) is 12.5 Å². The Kier molecular flexibility index (Phi) is 3.86.